The molecule has 0 bridgehead atoms. The first-order valence-electron chi connectivity index (χ1n) is 5.26. The average molecular weight is 292 g/mol. The van der Waals surface area contributed by atoms with Crippen LogP contribution in [-0.2, 0) is 10.8 Å². The summed E-state index contributed by atoms with van der Waals surface area (Å²) in [6, 6.07) is 1.29. The summed E-state index contributed by atoms with van der Waals surface area (Å²) in [5.74, 6) is 0.982. The molecule has 0 radical (unpaired) electrons. The van der Waals surface area contributed by atoms with E-state index in [9.17, 15) is 14.3 Å². The maximum atomic E-state index is 11.0. The summed E-state index contributed by atoms with van der Waals surface area (Å²) in [6.45, 7) is 1.91. The van der Waals surface area contributed by atoms with Crippen LogP contribution in [0, 0.1) is 10.1 Å². The summed E-state index contributed by atoms with van der Waals surface area (Å²) < 4.78 is 11.0. The Kier molecular flexibility index (Phi) is 5.49. The van der Waals surface area contributed by atoms with Crippen LogP contribution in [0.1, 0.15) is 13.3 Å². The van der Waals surface area contributed by atoms with Gasteiger partial charge in [0.15, 0.2) is 0 Å². The van der Waals surface area contributed by atoms with Crippen LogP contribution in [0.25, 0.3) is 0 Å². The third-order valence-electron chi connectivity index (χ3n) is 2.26. The Morgan fingerprint density at radius 1 is 1.67 bits per heavy atom. The van der Waals surface area contributed by atoms with Crippen molar-refractivity contribution in [2.45, 2.75) is 19.4 Å². The fourth-order valence-electron chi connectivity index (χ4n) is 1.28. The average Bonchev–Trinajstić information content (AvgIpc) is 2.29. The highest BCUT2D eigenvalue weighted by molar-refractivity contribution is 7.84. The molecule has 0 aliphatic rings. The number of halogens is 1. The van der Waals surface area contributed by atoms with E-state index in [1.54, 1.807) is 6.26 Å². The van der Waals surface area contributed by atoms with E-state index in [2.05, 4.69) is 10.3 Å². The van der Waals surface area contributed by atoms with E-state index in [1.807, 2.05) is 6.92 Å². The molecule has 1 N–H and O–H groups in total. The van der Waals surface area contributed by atoms with Gasteiger partial charge in [-0.25, -0.2) is 4.98 Å². The molecule has 0 amide bonds. The predicted octanol–water partition coefficient (Wildman–Crippen LogP) is 2.21. The minimum Gasteiger partial charge on any atom is -0.366 e. The standard InChI is InChI=1S/C10H14ClN3O3S/c1-7(3-4-18(2)17)13-10-9(11)5-8(6-12-10)14(15)16/h5-7H,3-4H2,1-2H3,(H,12,13). The van der Waals surface area contributed by atoms with Gasteiger partial charge in [0.05, 0.1) is 9.95 Å². The summed E-state index contributed by atoms with van der Waals surface area (Å²) in [5, 5.41) is 13.8. The molecule has 18 heavy (non-hydrogen) atoms. The molecule has 2 atom stereocenters. The van der Waals surface area contributed by atoms with E-state index in [0.29, 0.717) is 18.0 Å². The Morgan fingerprint density at radius 3 is 2.83 bits per heavy atom. The third-order valence-corrected chi connectivity index (χ3v) is 3.36. The summed E-state index contributed by atoms with van der Waals surface area (Å²) in [4.78, 5) is 13.9. The van der Waals surface area contributed by atoms with Gasteiger partial charge < -0.3 is 5.32 Å². The monoisotopic (exact) mass is 291 g/mol. The van der Waals surface area contributed by atoms with Crippen molar-refractivity contribution in [2.75, 3.05) is 17.3 Å². The Labute approximate surface area is 112 Å². The Morgan fingerprint density at radius 2 is 2.33 bits per heavy atom. The van der Waals surface area contributed by atoms with Gasteiger partial charge in [0.1, 0.15) is 12.0 Å². The van der Waals surface area contributed by atoms with Crippen molar-refractivity contribution in [3.63, 3.8) is 0 Å². The maximum absolute atomic E-state index is 11.0. The zero-order valence-electron chi connectivity index (χ0n) is 10.1. The van der Waals surface area contributed by atoms with E-state index in [4.69, 9.17) is 11.6 Å². The molecule has 1 aromatic heterocycles. The number of pyridine rings is 1. The molecule has 0 spiro atoms. The molecular formula is C10H14ClN3O3S. The number of anilines is 1. The highest BCUT2D eigenvalue weighted by Crippen LogP contribution is 2.24. The molecule has 1 heterocycles. The van der Waals surface area contributed by atoms with Gasteiger partial charge in [-0.05, 0) is 13.3 Å². The molecule has 100 valence electrons. The van der Waals surface area contributed by atoms with Crippen LogP contribution >= 0.6 is 11.6 Å². The van der Waals surface area contributed by atoms with Gasteiger partial charge in [0.25, 0.3) is 5.69 Å². The van der Waals surface area contributed by atoms with Gasteiger partial charge in [0.2, 0.25) is 0 Å². The molecule has 0 saturated carbocycles. The number of nitro groups is 1. The molecule has 2 unspecified atom stereocenters. The molecule has 0 aliphatic carbocycles. The first-order chi connectivity index (χ1) is 8.40. The van der Waals surface area contributed by atoms with Crippen molar-refractivity contribution < 1.29 is 9.13 Å². The second-order valence-corrected chi connectivity index (χ2v) is 5.85. The summed E-state index contributed by atoms with van der Waals surface area (Å²) in [5.41, 5.74) is -0.145. The quantitative estimate of drug-likeness (QED) is 0.641. The number of nitrogens with one attached hydrogen (secondary N) is 1. The van der Waals surface area contributed by atoms with Crippen molar-refractivity contribution in [2.24, 2.45) is 0 Å². The Bertz CT molecular complexity index is 470. The van der Waals surface area contributed by atoms with E-state index in [0.717, 1.165) is 6.20 Å². The number of aromatic nitrogens is 1. The molecule has 0 aromatic carbocycles. The predicted molar refractivity (Wildman–Crippen MR) is 72.5 cm³/mol. The molecule has 1 rings (SSSR count). The molecule has 0 saturated heterocycles. The number of nitrogens with zero attached hydrogens (tertiary/aromatic N) is 2. The summed E-state index contributed by atoms with van der Waals surface area (Å²) in [6.07, 6.45) is 3.50. The van der Waals surface area contributed by atoms with E-state index < -0.39 is 15.7 Å². The van der Waals surface area contributed by atoms with Gasteiger partial charge in [0, 0.05) is 34.9 Å². The minimum absolute atomic E-state index is 0.0420. The zero-order chi connectivity index (χ0) is 13.7. The lowest BCUT2D eigenvalue weighted by atomic mass is 10.2. The van der Waals surface area contributed by atoms with Crippen molar-refractivity contribution in [3.05, 3.63) is 27.4 Å². The topological polar surface area (TPSA) is 85.1 Å². The van der Waals surface area contributed by atoms with Gasteiger partial charge in [-0.15, -0.1) is 0 Å². The molecule has 6 nitrogen and oxygen atoms in total. The Hall–Kier alpha value is -1.21. The summed E-state index contributed by atoms with van der Waals surface area (Å²) in [7, 11) is -0.842. The van der Waals surface area contributed by atoms with Crippen molar-refractivity contribution in [1.82, 2.24) is 4.98 Å². The fraction of sp³-hybridized carbons (Fsp3) is 0.500. The van der Waals surface area contributed by atoms with Crippen LogP contribution in [0.4, 0.5) is 11.5 Å². The van der Waals surface area contributed by atoms with E-state index in [1.165, 1.54) is 6.07 Å². The van der Waals surface area contributed by atoms with Gasteiger partial charge in [-0.3, -0.25) is 14.3 Å². The largest absolute Gasteiger partial charge is 0.366 e. The smallest absolute Gasteiger partial charge is 0.289 e. The second kappa shape index (κ2) is 6.65. The first-order valence-corrected chi connectivity index (χ1v) is 7.37. The highest BCUT2D eigenvalue weighted by Gasteiger charge is 2.12. The lowest BCUT2D eigenvalue weighted by Crippen LogP contribution is -2.18. The third kappa shape index (κ3) is 4.58. The van der Waals surface area contributed by atoms with Crippen LogP contribution in [0.5, 0.6) is 0 Å². The molecule has 1 aromatic rings. The van der Waals surface area contributed by atoms with Crippen LogP contribution in [0.15, 0.2) is 12.3 Å². The lowest BCUT2D eigenvalue weighted by Gasteiger charge is -2.14. The zero-order valence-corrected chi connectivity index (χ0v) is 11.6. The van der Waals surface area contributed by atoms with Crippen LogP contribution < -0.4 is 5.32 Å². The van der Waals surface area contributed by atoms with Crippen molar-refractivity contribution >= 4 is 33.9 Å². The van der Waals surface area contributed by atoms with Gasteiger partial charge in [-0.1, -0.05) is 11.6 Å². The second-order valence-electron chi connectivity index (χ2n) is 3.89. The molecular weight excluding hydrogens is 278 g/mol. The van der Waals surface area contributed by atoms with Crippen LogP contribution in [0.3, 0.4) is 0 Å². The number of rotatable bonds is 6. The number of hydrogen-bond acceptors (Lipinski definition) is 5. The first kappa shape index (κ1) is 14.8. The Balaban J connectivity index is 2.67. The van der Waals surface area contributed by atoms with Crippen LogP contribution in [-0.4, -0.2) is 32.2 Å². The fourth-order valence-corrected chi connectivity index (χ4v) is 2.18. The summed E-state index contributed by atoms with van der Waals surface area (Å²) >= 11 is 5.89. The molecule has 8 heteroatoms. The number of hydrogen-bond donors (Lipinski definition) is 1. The van der Waals surface area contributed by atoms with Crippen LogP contribution in [0.2, 0.25) is 5.02 Å². The molecule has 0 fully saturated rings. The van der Waals surface area contributed by atoms with Gasteiger partial charge >= 0.3 is 0 Å². The van der Waals surface area contributed by atoms with E-state index >= 15 is 0 Å². The van der Waals surface area contributed by atoms with Gasteiger partial charge in [-0.2, -0.15) is 0 Å². The molecule has 0 aliphatic heterocycles. The van der Waals surface area contributed by atoms with Crippen molar-refractivity contribution in [1.29, 1.82) is 0 Å². The SMILES string of the molecule is CC(CCS(C)=O)Nc1ncc([N+](=O)[O-])cc1Cl. The maximum Gasteiger partial charge on any atom is 0.289 e. The normalized spacial score (nSPS) is 13.9. The lowest BCUT2D eigenvalue weighted by molar-refractivity contribution is -0.385. The minimum atomic E-state index is -0.842. The highest BCUT2D eigenvalue weighted by atomic mass is 35.5. The van der Waals surface area contributed by atoms with Crippen molar-refractivity contribution in [3.8, 4) is 0 Å². The van der Waals surface area contributed by atoms with E-state index in [-0.39, 0.29) is 16.8 Å².